The van der Waals surface area contributed by atoms with Crippen molar-refractivity contribution in [2.45, 2.75) is 6.92 Å². The fraction of sp³-hybridized carbons (Fsp3) is 0.105. The van der Waals surface area contributed by atoms with Gasteiger partial charge in [0, 0.05) is 11.1 Å². The summed E-state index contributed by atoms with van der Waals surface area (Å²) in [5.41, 5.74) is 2.76. The highest BCUT2D eigenvalue weighted by molar-refractivity contribution is 5.74. The van der Waals surface area contributed by atoms with Gasteiger partial charge in [0.2, 0.25) is 5.89 Å². The number of ether oxygens (including phenoxy) is 1. The summed E-state index contributed by atoms with van der Waals surface area (Å²) in [5.74, 6) is 1.53. The molecule has 124 valence electrons. The largest absolute Gasteiger partial charge is 0.497 e. The summed E-state index contributed by atoms with van der Waals surface area (Å²) >= 11 is 0. The van der Waals surface area contributed by atoms with Crippen LogP contribution in [0.3, 0.4) is 0 Å². The number of fused-ring (bicyclic) bond motifs is 1. The fourth-order valence-electron chi connectivity index (χ4n) is 2.54. The molecule has 0 radical (unpaired) electrons. The summed E-state index contributed by atoms with van der Waals surface area (Å²) in [6, 6.07) is 15.0. The van der Waals surface area contributed by atoms with E-state index >= 15 is 0 Å². The number of oxazole rings is 1. The highest BCUT2D eigenvalue weighted by Gasteiger charge is 2.14. The Morgan fingerprint density at radius 2 is 1.64 bits per heavy atom. The molecular formula is C19H15N3O3. The second kappa shape index (κ2) is 5.90. The van der Waals surface area contributed by atoms with Crippen LogP contribution in [0.1, 0.15) is 5.56 Å². The van der Waals surface area contributed by atoms with E-state index in [1.165, 1.54) is 0 Å². The number of aryl methyl sites for hydroxylation is 1. The molecule has 0 saturated carbocycles. The Labute approximate surface area is 143 Å². The van der Waals surface area contributed by atoms with Gasteiger partial charge in [-0.1, -0.05) is 17.7 Å². The van der Waals surface area contributed by atoms with E-state index in [0.717, 1.165) is 22.4 Å². The van der Waals surface area contributed by atoms with Gasteiger partial charge in [0.1, 0.15) is 11.6 Å². The van der Waals surface area contributed by atoms with Gasteiger partial charge in [0.15, 0.2) is 5.52 Å². The number of aromatic nitrogens is 3. The van der Waals surface area contributed by atoms with Crippen molar-refractivity contribution in [3.63, 3.8) is 0 Å². The lowest BCUT2D eigenvalue weighted by atomic mass is 10.1. The maximum absolute atomic E-state index is 12.4. The van der Waals surface area contributed by atoms with E-state index in [0.29, 0.717) is 11.7 Å². The second-order valence-electron chi connectivity index (χ2n) is 5.68. The minimum atomic E-state index is -0.335. The molecule has 4 rings (SSSR count). The van der Waals surface area contributed by atoms with Gasteiger partial charge in [-0.05, 0) is 43.3 Å². The molecule has 25 heavy (non-hydrogen) atoms. The average Bonchev–Trinajstić information content (AvgIpc) is 3.07. The summed E-state index contributed by atoms with van der Waals surface area (Å²) in [4.78, 5) is 23.8. The van der Waals surface area contributed by atoms with Gasteiger partial charge in [0.25, 0.3) is 11.3 Å². The third-order valence-corrected chi connectivity index (χ3v) is 3.93. The molecule has 0 unspecified atom stereocenters. The van der Waals surface area contributed by atoms with Gasteiger partial charge < -0.3 is 14.1 Å². The van der Waals surface area contributed by atoms with Crippen molar-refractivity contribution < 1.29 is 9.15 Å². The number of benzene rings is 2. The molecule has 0 aliphatic heterocycles. The maximum Gasteiger partial charge on any atom is 0.281 e. The first kappa shape index (κ1) is 15.1. The Balaban J connectivity index is 1.81. The van der Waals surface area contributed by atoms with Gasteiger partial charge in [-0.15, -0.1) is 0 Å². The third-order valence-electron chi connectivity index (χ3n) is 3.93. The number of aromatic amines is 1. The van der Waals surface area contributed by atoms with E-state index in [1.807, 2.05) is 43.3 Å². The van der Waals surface area contributed by atoms with Crippen LogP contribution in [0.5, 0.6) is 5.75 Å². The zero-order valence-corrected chi connectivity index (χ0v) is 13.7. The lowest BCUT2D eigenvalue weighted by Crippen LogP contribution is -2.09. The molecule has 0 aliphatic carbocycles. The van der Waals surface area contributed by atoms with Crippen LogP contribution in [0.4, 0.5) is 0 Å². The highest BCUT2D eigenvalue weighted by atomic mass is 16.5. The van der Waals surface area contributed by atoms with Gasteiger partial charge in [0.05, 0.1) is 7.11 Å². The zero-order valence-electron chi connectivity index (χ0n) is 13.7. The van der Waals surface area contributed by atoms with E-state index in [1.54, 1.807) is 19.2 Å². The normalized spacial score (nSPS) is 11.0. The van der Waals surface area contributed by atoms with Crippen molar-refractivity contribution in [1.82, 2.24) is 15.0 Å². The minimum absolute atomic E-state index is 0.188. The Hall–Kier alpha value is -3.41. The third kappa shape index (κ3) is 2.78. The molecule has 0 spiro atoms. The summed E-state index contributed by atoms with van der Waals surface area (Å²) in [7, 11) is 1.60. The SMILES string of the molecule is COc1ccc(-c2nc3oc(-c4ccc(C)cc4)nc3c(=O)[nH]2)cc1. The predicted molar refractivity (Wildman–Crippen MR) is 94.6 cm³/mol. The second-order valence-corrected chi connectivity index (χ2v) is 5.68. The molecular weight excluding hydrogens is 318 g/mol. The van der Waals surface area contributed by atoms with Crippen molar-refractivity contribution >= 4 is 11.2 Å². The van der Waals surface area contributed by atoms with Crippen LogP contribution in [0.25, 0.3) is 34.1 Å². The summed E-state index contributed by atoms with van der Waals surface area (Å²) < 4.78 is 10.9. The maximum atomic E-state index is 12.4. The van der Waals surface area contributed by atoms with E-state index < -0.39 is 0 Å². The molecule has 2 heterocycles. The van der Waals surface area contributed by atoms with Crippen molar-refractivity contribution in [2.24, 2.45) is 0 Å². The number of nitrogens with zero attached hydrogens (tertiary/aromatic N) is 2. The van der Waals surface area contributed by atoms with Gasteiger partial charge >= 0.3 is 0 Å². The number of rotatable bonds is 3. The number of hydrogen-bond donors (Lipinski definition) is 1. The number of methoxy groups -OCH3 is 1. The van der Waals surface area contributed by atoms with Crippen molar-refractivity contribution in [3.05, 3.63) is 64.4 Å². The van der Waals surface area contributed by atoms with Crippen LogP contribution < -0.4 is 10.3 Å². The number of nitrogens with one attached hydrogen (secondary N) is 1. The average molecular weight is 333 g/mol. The molecule has 1 N–H and O–H groups in total. The first-order valence-corrected chi connectivity index (χ1v) is 7.76. The fourth-order valence-corrected chi connectivity index (χ4v) is 2.54. The Bertz CT molecular complexity index is 1090. The molecule has 2 aromatic heterocycles. The summed E-state index contributed by atoms with van der Waals surface area (Å²) in [6.07, 6.45) is 0. The standard InChI is InChI=1S/C19H15N3O3/c1-11-3-5-13(6-4-11)18-20-15-17(23)21-16(22-19(15)25-18)12-7-9-14(24-2)10-8-12/h3-10H,1-2H3,(H,21,22,23). The molecule has 0 fully saturated rings. The zero-order chi connectivity index (χ0) is 17.4. The Kier molecular flexibility index (Phi) is 3.57. The van der Waals surface area contributed by atoms with Gasteiger partial charge in [-0.3, -0.25) is 4.79 Å². The molecule has 6 nitrogen and oxygen atoms in total. The molecule has 0 atom stereocenters. The molecule has 2 aromatic carbocycles. The van der Waals surface area contributed by atoms with Gasteiger partial charge in [-0.25, -0.2) is 4.98 Å². The highest BCUT2D eigenvalue weighted by Crippen LogP contribution is 2.24. The number of hydrogen-bond acceptors (Lipinski definition) is 5. The van der Waals surface area contributed by atoms with Crippen LogP contribution >= 0.6 is 0 Å². The topological polar surface area (TPSA) is 81.0 Å². The van der Waals surface area contributed by atoms with Gasteiger partial charge in [-0.2, -0.15) is 4.98 Å². The van der Waals surface area contributed by atoms with Crippen LogP contribution in [-0.4, -0.2) is 22.1 Å². The molecule has 0 amide bonds. The predicted octanol–water partition coefficient (Wildman–Crippen LogP) is 3.56. The molecule has 4 aromatic rings. The van der Waals surface area contributed by atoms with Crippen molar-refractivity contribution in [1.29, 1.82) is 0 Å². The summed E-state index contributed by atoms with van der Waals surface area (Å²) in [5, 5.41) is 0. The molecule has 6 heteroatoms. The quantitative estimate of drug-likeness (QED) is 0.620. The molecule has 0 bridgehead atoms. The van der Waals surface area contributed by atoms with Crippen molar-refractivity contribution in [3.8, 4) is 28.6 Å². The van der Waals surface area contributed by atoms with Crippen LogP contribution in [0, 0.1) is 6.92 Å². The molecule has 0 aliphatic rings. The lowest BCUT2D eigenvalue weighted by Gasteiger charge is -2.02. The smallest absolute Gasteiger partial charge is 0.281 e. The monoisotopic (exact) mass is 333 g/mol. The van der Waals surface area contributed by atoms with Crippen molar-refractivity contribution in [2.75, 3.05) is 7.11 Å². The first-order chi connectivity index (χ1) is 12.1. The lowest BCUT2D eigenvalue weighted by molar-refractivity contribution is 0.415. The van der Waals surface area contributed by atoms with E-state index in [-0.39, 0.29) is 16.8 Å². The van der Waals surface area contributed by atoms with Crippen LogP contribution in [-0.2, 0) is 0 Å². The van der Waals surface area contributed by atoms with E-state index in [4.69, 9.17) is 9.15 Å². The van der Waals surface area contributed by atoms with E-state index in [2.05, 4.69) is 15.0 Å². The Morgan fingerprint density at radius 1 is 0.960 bits per heavy atom. The summed E-state index contributed by atoms with van der Waals surface area (Å²) in [6.45, 7) is 2.00. The van der Waals surface area contributed by atoms with E-state index in [9.17, 15) is 4.79 Å². The minimum Gasteiger partial charge on any atom is -0.497 e. The Morgan fingerprint density at radius 3 is 2.32 bits per heavy atom. The van der Waals surface area contributed by atoms with Crippen LogP contribution in [0.15, 0.2) is 57.7 Å². The first-order valence-electron chi connectivity index (χ1n) is 7.76. The number of H-pyrrole nitrogens is 1. The van der Waals surface area contributed by atoms with Crippen LogP contribution in [0.2, 0.25) is 0 Å². The molecule has 0 saturated heterocycles.